The van der Waals surface area contributed by atoms with Crippen LogP contribution in [0, 0.1) is 0 Å². The van der Waals surface area contributed by atoms with Crippen molar-refractivity contribution in [1.82, 2.24) is 4.90 Å². The van der Waals surface area contributed by atoms with Gasteiger partial charge in [0.25, 0.3) is 0 Å². The molecule has 0 fully saturated rings. The van der Waals surface area contributed by atoms with Crippen molar-refractivity contribution in [2.75, 3.05) is 13.1 Å². The summed E-state index contributed by atoms with van der Waals surface area (Å²) in [6, 6.07) is 0. The van der Waals surface area contributed by atoms with Gasteiger partial charge in [0.05, 0.1) is 6.10 Å². The smallest absolute Gasteiger partial charge is 0.471 e. The number of amides is 1. The average Bonchev–Trinajstić information content (AvgIpc) is 1.98. The van der Waals surface area contributed by atoms with Gasteiger partial charge < -0.3 is 15.1 Å². The summed E-state index contributed by atoms with van der Waals surface area (Å²) in [4.78, 5) is 20.9. The Morgan fingerprint density at radius 2 is 1.87 bits per heavy atom. The van der Waals surface area contributed by atoms with Crippen molar-refractivity contribution >= 4 is 11.9 Å². The Morgan fingerprint density at radius 3 is 2.13 bits per heavy atom. The Kier molecular flexibility index (Phi) is 4.53. The lowest BCUT2D eigenvalue weighted by Crippen LogP contribution is -2.46. The lowest BCUT2D eigenvalue weighted by atomic mass is 10.3. The number of carboxylic acid groups (broad SMARTS) is 1. The summed E-state index contributed by atoms with van der Waals surface area (Å²) in [6.07, 6.45) is -6.36. The summed E-state index contributed by atoms with van der Waals surface area (Å²) in [6.45, 7) is -0.619. The van der Waals surface area contributed by atoms with E-state index in [0.717, 1.165) is 6.92 Å². The number of hydrogen-bond acceptors (Lipinski definition) is 3. The highest BCUT2D eigenvalue weighted by Crippen LogP contribution is 2.18. The molecule has 1 amide bonds. The number of rotatable bonds is 4. The van der Waals surface area contributed by atoms with Crippen LogP contribution in [0.2, 0.25) is 0 Å². The van der Waals surface area contributed by atoms with Crippen molar-refractivity contribution in [1.29, 1.82) is 0 Å². The molecule has 0 aromatic heterocycles. The lowest BCUT2D eigenvalue weighted by molar-refractivity contribution is -0.187. The number of halogens is 3. The van der Waals surface area contributed by atoms with Gasteiger partial charge in [0, 0.05) is 6.54 Å². The van der Waals surface area contributed by atoms with E-state index in [1.165, 1.54) is 0 Å². The molecule has 0 saturated heterocycles. The van der Waals surface area contributed by atoms with Gasteiger partial charge in [-0.1, -0.05) is 0 Å². The maximum absolute atomic E-state index is 11.9. The van der Waals surface area contributed by atoms with E-state index < -0.39 is 37.2 Å². The van der Waals surface area contributed by atoms with Crippen molar-refractivity contribution in [2.24, 2.45) is 0 Å². The highest BCUT2D eigenvalue weighted by molar-refractivity contribution is 5.85. The van der Waals surface area contributed by atoms with Crippen LogP contribution in [0.1, 0.15) is 6.92 Å². The molecule has 15 heavy (non-hydrogen) atoms. The number of carboxylic acids is 1. The number of carbonyl (C=O) groups is 2. The summed E-state index contributed by atoms with van der Waals surface area (Å²) in [7, 11) is 0. The molecule has 0 heterocycles. The molecule has 0 spiro atoms. The van der Waals surface area contributed by atoms with Crippen LogP contribution in [0.25, 0.3) is 0 Å². The number of hydrogen-bond donors (Lipinski definition) is 2. The zero-order chi connectivity index (χ0) is 12.2. The van der Waals surface area contributed by atoms with E-state index >= 15 is 0 Å². The minimum Gasteiger partial charge on any atom is -0.480 e. The Morgan fingerprint density at radius 1 is 1.40 bits per heavy atom. The van der Waals surface area contributed by atoms with Crippen LogP contribution in [0.5, 0.6) is 0 Å². The predicted molar refractivity (Wildman–Crippen MR) is 42.0 cm³/mol. The first-order valence-electron chi connectivity index (χ1n) is 3.90. The lowest BCUT2D eigenvalue weighted by Gasteiger charge is -2.22. The van der Waals surface area contributed by atoms with Crippen molar-refractivity contribution < 1.29 is 33.0 Å². The first-order valence-corrected chi connectivity index (χ1v) is 3.90. The summed E-state index contributed by atoms with van der Waals surface area (Å²) in [5, 5.41) is 17.1. The number of alkyl halides is 3. The van der Waals surface area contributed by atoms with Crippen molar-refractivity contribution in [2.45, 2.75) is 19.2 Å². The summed E-state index contributed by atoms with van der Waals surface area (Å²) < 4.78 is 35.8. The number of aliphatic carboxylic acids is 1. The molecule has 0 aliphatic rings. The molecule has 0 aliphatic carbocycles. The first-order chi connectivity index (χ1) is 6.64. The van der Waals surface area contributed by atoms with Gasteiger partial charge in [0.1, 0.15) is 6.54 Å². The minimum absolute atomic E-state index is 0.0347. The topological polar surface area (TPSA) is 77.8 Å². The van der Waals surface area contributed by atoms with E-state index in [2.05, 4.69) is 0 Å². The number of nitrogens with zero attached hydrogens (tertiary/aromatic N) is 1. The molecule has 0 aromatic carbocycles. The molecule has 0 saturated carbocycles. The van der Waals surface area contributed by atoms with Crippen LogP contribution < -0.4 is 0 Å². The Labute approximate surface area is 83.1 Å². The number of carbonyl (C=O) groups excluding carboxylic acids is 1. The number of aliphatic hydroxyl groups excluding tert-OH is 1. The average molecular weight is 229 g/mol. The summed E-state index contributed by atoms with van der Waals surface area (Å²) in [5.74, 6) is -3.85. The van der Waals surface area contributed by atoms with Gasteiger partial charge in [-0.3, -0.25) is 9.59 Å². The van der Waals surface area contributed by atoms with Crippen LogP contribution in [0.4, 0.5) is 13.2 Å². The van der Waals surface area contributed by atoms with Gasteiger partial charge in [-0.15, -0.1) is 0 Å². The Balaban J connectivity index is 4.62. The SMILES string of the molecule is CC(O)CN(CC(=O)O)C(=O)C(F)(F)F. The summed E-state index contributed by atoms with van der Waals surface area (Å²) >= 11 is 0. The quantitative estimate of drug-likeness (QED) is 0.702. The normalized spacial score (nSPS) is 13.4. The van der Waals surface area contributed by atoms with Crippen molar-refractivity contribution in [3.05, 3.63) is 0 Å². The van der Waals surface area contributed by atoms with Gasteiger partial charge in [0.15, 0.2) is 0 Å². The fourth-order valence-corrected chi connectivity index (χ4v) is 0.881. The Hall–Kier alpha value is -1.31. The first kappa shape index (κ1) is 13.7. The molecule has 2 N–H and O–H groups in total. The molecule has 8 heteroatoms. The molecule has 0 aromatic rings. The molecule has 0 radical (unpaired) electrons. The van der Waals surface area contributed by atoms with Crippen LogP contribution in [-0.2, 0) is 9.59 Å². The molecule has 0 rings (SSSR count). The van der Waals surface area contributed by atoms with E-state index in [4.69, 9.17) is 10.2 Å². The van der Waals surface area contributed by atoms with E-state index in [1.807, 2.05) is 0 Å². The van der Waals surface area contributed by atoms with Gasteiger partial charge in [-0.2, -0.15) is 13.2 Å². The molecular formula is C7H10F3NO4. The third-order valence-electron chi connectivity index (χ3n) is 1.34. The van der Waals surface area contributed by atoms with Crippen LogP contribution >= 0.6 is 0 Å². The third-order valence-corrected chi connectivity index (χ3v) is 1.34. The largest absolute Gasteiger partial charge is 0.480 e. The maximum Gasteiger partial charge on any atom is 0.471 e. The van der Waals surface area contributed by atoms with Gasteiger partial charge in [0.2, 0.25) is 0 Å². The fraction of sp³-hybridized carbons (Fsp3) is 0.714. The molecular weight excluding hydrogens is 219 g/mol. The third kappa shape index (κ3) is 5.21. The molecule has 1 atom stereocenters. The van der Waals surface area contributed by atoms with E-state index in [9.17, 15) is 22.8 Å². The molecule has 88 valence electrons. The summed E-state index contributed by atoms with van der Waals surface area (Å²) in [5.41, 5.74) is 0. The van der Waals surface area contributed by atoms with Crippen LogP contribution in [0.15, 0.2) is 0 Å². The number of aliphatic hydroxyl groups is 1. The second-order valence-electron chi connectivity index (χ2n) is 2.93. The minimum atomic E-state index is -5.13. The van der Waals surface area contributed by atoms with Gasteiger partial charge >= 0.3 is 18.1 Å². The van der Waals surface area contributed by atoms with Gasteiger partial charge in [-0.05, 0) is 6.92 Å². The standard InChI is InChI=1S/C7H10F3NO4/c1-4(12)2-11(3-5(13)14)6(15)7(8,9)10/h4,12H,2-3H2,1H3,(H,13,14). The monoisotopic (exact) mass is 229 g/mol. The second-order valence-corrected chi connectivity index (χ2v) is 2.93. The van der Waals surface area contributed by atoms with Crippen molar-refractivity contribution in [3.8, 4) is 0 Å². The molecule has 0 bridgehead atoms. The van der Waals surface area contributed by atoms with Gasteiger partial charge in [-0.25, -0.2) is 0 Å². The van der Waals surface area contributed by atoms with E-state index in [-0.39, 0.29) is 4.90 Å². The van der Waals surface area contributed by atoms with E-state index in [1.54, 1.807) is 0 Å². The Bertz CT molecular complexity index is 251. The zero-order valence-corrected chi connectivity index (χ0v) is 7.78. The zero-order valence-electron chi connectivity index (χ0n) is 7.78. The van der Waals surface area contributed by atoms with Crippen molar-refractivity contribution in [3.63, 3.8) is 0 Å². The molecule has 1 unspecified atom stereocenters. The van der Waals surface area contributed by atoms with Crippen LogP contribution in [0.3, 0.4) is 0 Å². The maximum atomic E-state index is 11.9. The molecule has 0 aliphatic heterocycles. The molecule has 5 nitrogen and oxygen atoms in total. The highest BCUT2D eigenvalue weighted by atomic mass is 19.4. The fourth-order valence-electron chi connectivity index (χ4n) is 0.881. The predicted octanol–water partition coefficient (Wildman–Crippen LogP) is -0.157. The van der Waals surface area contributed by atoms with E-state index in [0.29, 0.717) is 0 Å². The highest BCUT2D eigenvalue weighted by Gasteiger charge is 2.43. The second kappa shape index (κ2) is 4.96. The van der Waals surface area contributed by atoms with Crippen LogP contribution in [-0.4, -0.2) is 52.4 Å².